The maximum absolute atomic E-state index is 11.8. The van der Waals surface area contributed by atoms with Crippen molar-refractivity contribution in [3.63, 3.8) is 0 Å². The Kier molecular flexibility index (Phi) is 7.23. The number of nitrogens with zero attached hydrogens (tertiary/aromatic N) is 1. The summed E-state index contributed by atoms with van der Waals surface area (Å²) in [5, 5.41) is 0. The fourth-order valence-corrected chi connectivity index (χ4v) is 5.41. The first-order valence-corrected chi connectivity index (χ1v) is 12.0. The lowest BCUT2D eigenvalue weighted by atomic mass is 10.2. The molecule has 1 aromatic heterocycles. The second-order valence-corrected chi connectivity index (χ2v) is 10.0. The summed E-state index contributed by atoms with van der Waals surface area (Å²) < 4.78 is 57.1. The highest BCUT2D eigenvalue weighted by molar-refractivity contribution is 7.66. The topological polar surface area (TPSA) is 233 Å². The summed E-state index contributed by atoms with van der Waals surface area (Å²) in [4.78, 5) is 60.6. The number of aromatic nitrogens is 2. The average molecular weight is 482 g/mol. The molecule has 19 heteroatoms. The Morgan fingerprint density at radius 2 is 1.86 bits per heavy atom. The Labute approximate surface area is 161 Å². The number of nitrogens with one attached hydrogen (secondary N) is 1. The van der Waals surface area contributed by atoms with E-state index in [1.165, 1.54) is 6.20 Å². The fourth-order valence-electron chi connectivity index (χ4n) is 2.36. The minimum atomic E-state index is -5.66. The van der Waals surface area contributed by atoms with Gasteiger partial charge in [0, 0.05) is 25.8 Å². The minimum absolute atomic E-state index is 0.0233. The summed E-state index contributed by atoms with van der Waals surface area (Å²) in [7, 11) is -15.4. The number of H-pyrrole nitrogens is 1. The molecule has 1 aliphatic rings. The molecule has 5 N–H and O–H groups in total. The van der Waals surface area contributed by atoms with E-state index in [1.807, 2.05) is 4.98 Å². The van der Waals surface area contributed by atoms with Crippen molar-refractivity contribution in [2.24, 2.45) is 0 Å². The molecule has 0 aromatic carbocycles. The Bertz CT molecular complexity index is 998. The van der Waals surface area contributed by atoms with Gasteiger partial charge in [-0.05, 0) is 6.42 Å². The molecule has 16 nitrogen and oxygen atoms in total. The third kappa shape index (κ3) is 7.03. The third-order valence-electron chi connectivity index (χ3n) is 3.52. The van der Waals surface area contributed by atoms with Crippen molar-refractivity contribution in [1.82, 2.24) is 9.55 Å². The Hall–Kier alpha value is -0.990. The lowest BCUT2D eigenvalue weighted by Crippen LogP contribution is -2.38. The molecule has 0 amide bonds. The normalized spacial score (nSPS) is 26.7. The summed E-state index contributed by atoms with van der Waals surface area (Å²) in [5.41, 5.74) is -1.41. The van der Waals surface area contributed by atoms with Crippen LogP contribution in [0.15, 0.2) is 21.9 Å². The van der Waals surface area contributed by atoms with Crippen molar-refractivity contribution in [2.45, 2.75) is 24.9 Å². The van der Waals surface area contributed by atoms with Crippen molar-refractivity contribution in [2.75, 3.05) is 13.7 Å². The van der Waals surface area contributed by atoms with Gasteiger partial charge in [-0.25, -0.2) is 18.5 Å². The summed E-state index contributed by atoms with van der Waals surface area (Å²) in [6, 6.07) is 1.07. The number of rotatable bonds is 9. The molecule has 0 saturated carbocycles. The molecule has 1 saturated heterocycles. The van der Waals surface area contributed by atoms with Crippen LogP contribution in [0.4, 0.5) is 0 Å². The van der Waals surface area contributed by atoms with Crippen molar-refractivity contribution < 1.29 is 55.9 Å². The van der Waals surface area contributed by atoms with Gasteiger partial charge in [-0.3, -0.25) is 18.9 Å². The predicted octanol–water partition coefficient (Wildman–Crippen LogP) is -0.468. The van der Waals surface area contributed by atoms with E-state index in [-0.39, 0.29) is 12.8 Å². The molecule has 0 bridgehead atoms. The number of ether oxygens (including phenoxy) is 2. The molecule has 1 aliphatic heterocycles. The minimum Gasteiger partial charge on any atom is -0.351 e. The summed E-state index contributed by atoms with van der Waals surface area (Å²) in [6.07, 6.45) is 0.401. The molecule has 0 aliphatic carbocycles. The van der Waals surface area contributed by atoms with Crippen molar-refractivity contribution >= 4 is 23.5 Å². The van der Waals surface area contributed by atoms with Crippen LogP contribution in [-0.2, 0) is 36.3 Å². The molecule has 1 aromatic rings. The van der Waals surface area contributed by atoms with Crippen molar-refractivity contribution in [3.05, 3.63) is 33.1 Å². The molecule has 4 unspecified atom stereocenters. The van der Waals surface area contributed by atoms with Crippen LogP contribution in [0.5, 0.6) is 0 Å². The Morgan fingerprint density at radius 3 is 2.41 bits per heavy atom. The van der Waals surface area contributed by atoms with E-state index in [0.29, 0.717) is 0 Å². The molecule has 0 spiro atoms. The second-order valence-electron chi connectivity index (χ2n) is 5.61. The van der Waals surface area contributed by atoms with Gasteiger partial charge in [-0.1, -0.05) is 0 Å². The van der Waals surface area contributed by atoms with Crippen LogP contribution in [0.1, 0.15) is 19.1 Å². The molecule has 2 heterocycles. The average Bonchev–Trinajstić information content (AvgIpc) is 2.94. The number of hydrogen-bond donors (Lipinski definition) is 5. The van der Waals surface area contributed by atoms with Gasteiger partial charge in [-0.15, -0.1) is 0 Å². The first-order valence-electron chi connectivity index (χ1n) is 7.49. The number of phosphoric acid groups is 3. The van der Waals surface area contributed by atoms with Crippen molar-refractivity contribution in [3.8, 4) is 0 Å². The maximum atomic E-state index is 11.8. The van der Waals surface area contributed by atoms with Crippen LogP contribution >= 0.6 is 23.5 Å². The molecule has 0 radical (unpaired) electrons. The zero-order valence-corrected chi connectivity index (χ0v) is 17.2. The van der Waals surface area contributed by atoms with E-state index in [1.54, 1.807) is 0 Å². The number of aromatic amines is 1. The SMILES string of the molecule is COC1(COP(=O)(O)OP(=O)(O)OP(=O)(O)O)CCC(n2ccc(=O)[nH]c2=O)O1. The lowest BCUT2D eigenvalue weighted by molar-refractivity contribution is -0.240. The number of phosphoric ester groups is 1. The van der Waals surface area contributed by atoms with E-state index in [9.17, 15) is 28.2 Å². The first kappa shape index (κ1) is 24.3. The monoisotopic (exact) mass is 482 g/mol. The van der Waals surface area contributed by atoms with Gasteiger partial charge in [0.05, 0.1) is 0 Å². The Balaban J connectivity index is 2.07. The molecular formula is C10H17N2O14P3. The van der Waals surface area contributed by atoms with Crippen LogP contribution in [0.25, 0.3) is 0 Å². The quantitative estimate of drug-likeness (QED) is 0.280. The highest BCUT2D eigenvalue weighted by atomic mass is 31.3. The molecule has 4 atom stereocenters. The second kappa shape index (κ2) is 8.63. The van der Waals surface area contributed by atoms with Gasteiger partial charge < -0.3 is 29.0 Å². The summed E-state index contributed by atoms with van der Waals surface area (Å²) >= 11 is 0. The van der Waals surface area contributed by atoms with E-state index < -0.39 is 53.3 Å². The molecular weight excluding hydrogens is 465 g/mol. The molecule has 2 rings (SSSR count). The van der Waals surface area contributed by atoms with Gasteiger partial charge in [0.1, 0.15) is 12.8 Å². The van der Waals surface area contributed by atoms with Gasteiger partial charge in [0.15, 0.2) is 5.79 Å². The third-order valence-corrected chi connectivity index (χ3v) is 7.30. The van der Waals surface area contributed by atoms with Crippen LogP contribution in [0.3, 0.4) is 0 Å². The zero-order valence-electron chi connectivity index (χ0n) is 14.5. The highest BCUT2D eigenvalue weighted by Crippen LogP contribution is 2.66. The Morgan fingerprint density at radius 1 is 1.21 bits per heavy atom. The summed E-state index contributed by atoms with van der Waals surface area (Å²) in [5.74, 6) is -1.69. The smallest absolute Gasteiger partial charge is 0.351 e. The van der Waals surface area contributed by atoms with Gasteiger partial charge in [0.25, 0.3) is 5.56 Å². The fraction of sp³-hybridized carbons (Fsp3) is 0.600. The van der Waals surface area contributed by atoms with E-state index in [0.717, 1.165) is 17.7 Å². The molecule has 1 fully saturated rings. The van der Waals surface area contributed by atoms with Gasteiger partial charge >= 0.3 is 29.2 Å². The van der Waals surface area contributed by atoms with E-state index in [2.05, 4.69) is 13.1 Å². The molecule has 29 heavy (non-hydrogen) atoms. The number of hydrogen-bond acceptors (Lipinski definition) is 10. The van der Waals surface area contributed by atoms with Crippen LogP contribution in [0, 0.1) is 0 Å². The lowest BCUT2D eigenvalue weighted by Gasteiger charge is -2.28. The van der Waals surface area contributed by atoms with Gasteiger partial charge in [0.2, 0.25) is 0 Å². The van der Waals surface area contributed by atoms with Crippen LogP contribution in [0.2, 0.25) is 0 Å². The van der Waals surface area contributed by atoms with E-state index in [4.69, 9.17) is 24.2 Å². The molecule has 166 valence electrons. The van der Waals surface area contributed by atoms with E-state index >= 15 is 0 Å². The maximum Gasteiger partial charge on any atom is 0.490 e. The van der Waals surface area contributed by atoms with Crippen LogP contribution in [-0.4, -0.2) is 48.6 Å². The standard InChI is InChI=1S/C10H17N2O14P3/c1-22-10(4-2-8(24-10)12-5-3-7(13)11-9(12)14)6-23-28(18,19)26-29(20,21)25-27(15,16)17/h3,5,8H,2,4,6H2,1H3,(H,18,19)(H,20,21)(H,11,13,14)(H2,15,16,17). The highest BCUT2D eigenvalue weighted by Gasteiger charge is 2.46. The zero-order chi connectivity index (χ0) is 22.1. The largest absolute Gasteiger partial charge is 0.490 e. The van der Waals surface area contributed by atoms with Crippen LogP contribution < -0.4 is 11.2 Å². The predicted molar refractivity (Wildman–Crippen MR) is 90.2 cm³/mol. The van der Waals surface area contributed by atoms with Crippen molar-refractivity contribution in [1.29, 1.82) is 0 Å². The first-order chi connectivity index (χ1) is 13.2. The summed E-state index contributed by atoms with van der Waals surface area (Å²) in [6.45, 7) is -0.845. The number of methoxy groups -OCH3 is 1. The van der Waals surface area contributed by atoms with Gasteiger partial charge in [-0.2, -0.15) is 8.62 Å².